The number of carbonyl (C=O) groups excluding carboxylic acids is 2. The lowest BCUT2D eigenvalue weighted by Gasteiger charge is -2.33. The van der Waals surface area contributed by atoms with Crippen molar-refractivity contribution in [3.63, 3.8) is 0 Å². The number of likely N-dealkylation sites (tertiary alicyclic amines) is 1. The zero-order valence-electron chi connectivity index (χ0n) is 14.0. The molecule has 132 valence electrons. The van der Waals surface area contributed by atoms with E-state index in [4.69, 9.17) is 28.9 Å². The predicted molar refractivity (Wildman–Crippen MR) is 96.0 cm³/mol. The van der Waals surface area contributed by atoms with Gasteiger partial charge in [0.1, 0.15) is 0 Å². The van der Waals surface area contributed by atoms with Gasteiger partial charge < -0.3 is 10.6 Å². The highest BCUT2D eigenvalue weighted by molar-refractivity contribution is 6.35. The van der Waals surface area contributed by atoms with E-state index in [9.17, 15) is 9.59 Å². The van der Waals surface area contributed by atoms with E-state index in [0.717, 1.165) is 18.4 Å². The van der Waals surface area contributed by atoms with E-state index < -0.39 is 0 Å². The molecule has 1 fully saturated rings. The largest absolute Gasteiger partial charge is 0.369 e. The molecule has 0 aromatic heterocycles. The Labute approximate surface area is 152 Å². The van der Waals surface area contributed by atoms with E-state index in [2.05, 4.69) is 0 Å². The Kier molecular flexibility index (Phi) is 6.49. The molecule has 1 aromatic rings. The van der Waals surface area contributed by atoms with Crippen LogP contribution < -0.4 is 5.73 Å². The Bertz CT molecular complexity index is 624. The lowest BCUT2D eigenvalue weighted by Crippen LogP contribution is -2.47. The second-order valence-electron chi connectivity index (χ2n) is 6.34. The lowest BCUT2D eigenvalue weighted by molar-refractivity contribution is -0.136. The number of hydrogen-bond acceptors (Lipinski definition) is 3. The molecule has 24 heavy (non-hydrogen) atoms. The number of rotatable bonds is 5. The normalized spacial score (nSPS) is 19.4. The van der Waals surface area contributed by atoms with Crippen molar-refractivity contribution in [2.24, 2.45) is 11.7 Å². The number of carbonyl (C=O) groups is 2. The zero-order chi connectivity index (χ0) is 17.9. The van der Waals surface area contributed by atoms with Crippen molar-refractivity contribution in [1.82, 2.24) is 9.80 Å². The van der Waals surface area contributed by atoms with Gasteiger partial charge in [0.2, 0.25) is 11.8 Å². The maximum Gasteiger partial charge on any atom is 0.236 e. The summed E-state index contributed by atoms with van der Waals surface area (Å²) < 4.78 is 0. The highest BCUT2D eigenvalue weighted by Crippen LogP contribution is 2.29. The van der Waals surface area contributed by atoms with Crippen LogP contribution in [0.4, 0.5) is 0 Å². The summed E-state index contributed by atoms with van der Waals surface area (Å²) in [5.41, 5.74) is 6.29. The van der Waals surface area contributed by atoms with Crippen LogP contribution in [0, 0.1) is 5.92 Å². The Balaban J connectivity index is 1.99. The molecule has 1 aliphatic heterocycles. The summed E-state index contributed by atoms with van der Waals surface area (Å²) in [6.07, 6.45) is 1.56. The minimum absolute atomic E-state index is 0.000357. The van der Waals surface area contributed by atoms with Crippen molar-refractivity contribution in [2.45, 2.75) is 25.8 Å². The molecule has 0 spiro atoms. The van der Waals surface area contributed by atoms with Crippen LogP contribution in [0.2, 0.25) is 10.0 Å². The number of piperidine rings is 1. The fraction of sp³-hybridized carbons (Fsp3) is 0.529. The Morgan fingerprint density at radius 3 is 2.75 bits per heavy atom. The molecule has 2 rings (SSSR count). The first-order valence-electron chi connectivity index (χ1n) is 8.02. The first kappa shape index (κ1) is 19.0. The topological polar surface area (TPSA) is 66.6 Å². The van der Waals surface area contributed by atoms with Gasteiger partial charge in [-0.15, -0.1) is 0 Å². The number of nitrogens with two attached hydrogens (primary N) is 1. The molecule has 0 saturated carbocycles. The van der Waals surface area contributed by atoms with Crippen LogP contribution in [0.25, 0.3) is 0 Å². The van der Waals surface area contributed by atoms with Gasteiger partial charge in [-0.1, -0.05) is 29.3 Å². The SMILES string of the molecule is CC(c1ccc(Cl)cc1Cl)N(C)CC(=O)N1CCCC(C(N)=O)C1. The van der Waals surface area contributed by atoms with E-state index in [1.807, 2.05) is 24.9 Å². The average Bonchev–Trinajstić information content (AvgIpc) is 2.54. The highest BCUT2D eigenvalue weighted by atomic mass is 35.5. The molecule has 1 heterocycles. The summed E-state index contributed by atoms with van der Waals surface area (Å²) in [5.74, 6) is -0.571. The smallest absolute Gasteiger partial charge is 0.236 e. The Morgan fingerprint density at radius 1 is 1.42 bits per heavy atom. The third-order valence-electron chi connectivity index (χ3n) is 4.63. The molecule has 0 bridgehead atoms. The van der Waals surface area contributed by atoms with Crippen molar-refractivity contribution >= 4 is 35.0 Å². The summed E-state index contributed by atoms with van der Waals surface area (Å²) in [7, 11) is 1.88. The minimum Gasteiger partial charge on any atom is -0.369 e. The lowest BCUT2D eigenvalue weighted by atomic mass is 9.97. The maximum atomic E-state index is 12.5. The number of primary amides is 1. The van der Waals surface area contributed by atoms with Gasteiger partial charge in [-0.05, 0) is 44.5 Å². The Morgan fingerprint density at radius 2 is 2.12 bits per heavy atom. The molecule has 2 amide bonds. The first-order chi connectivity index (χ1) is 11.3. The number of nitrogens with zero attached hydrogens (tertiary/aromatic N) is 2. The van der Waals surface area contributed by atoms with Crippen LogP contribution in [-0.2, 0) is 9.59 Å². The van der Waals surface area contributed by atoms with Crippen LogP contribution in [-0.4, -0.2) is 48.3 Å². The predicted octanol–water partition coefficient (Wildman–Crippen LogP) is 2.71. The molecule has 2 atom stereocenters. The molecule has 2 unspecified atom stereocenters. The number of benzene rings is 1. The third kappa shape index (κ3) is 4.62. The quantitative estimate of drug-likeness (QED) is 0.864. The van der Waals surface area contributed by atoms with Crippen molar-refractivity contribution in [1.29, 1.82) is 0 Å². The molecule has 1 saturated heterocycles. The van der Waals surface area contributed by atoms with Crippen molar-refractivity contribution in [2.75, 3.05) is 26.7 Å². The summed E-state index contributed by atoms with van der Waals surface area (Å²) in [6.45, 7) is 3.33. The van der Waals surface area contributed by atoms with Gasteiger partial charge in [0.25, 0.3) is 0 Å². The second kappa shape index (κ2) is 8.19. The zero-order valence-corrected chi connectivity index (χ0v) is 15.5. The van der Waals surface area contributed by atoms with Gasteiger partial charge in [-0.2, -0.15) is 0 Å². The molecule has 5 nitrogen and oxygen atoms in total. The highest BCUT2D eigenvalue weighted by Gasteiger charge is 2.28. The standard InChI is InChI=1S/C17H23Cl2N3O2/c1-11(14-6-5-13(18)8-15(14)19)21(2)10-16(23)22-7-3-4-12(9-22)17(20)24/h5-6,8,11-12H,3-4,7,9-10H2,1-2H3,(H2,20,24). The second-order valence-corrected chi connectivity index (χ2v) is 7.18. The molecule has 7 heteroatoms. The monoisotopic (exact) mass is 371 g/mol. The number of amides is 2. The molecule has 1 aliphatic rings. The van der Waals surface area contributed by atoms with Crippen LogP contribution >= 0.6 is 23.2 Å². The minimum atomic E-state index is -0.331. The maximum absolute atomic E-state index is 12.5. The van der Waals surface area contributed by atoms with Crippen molar-refractivity contribution in [3.8, 4) is 0 Å². The average molecular weight is 372 g/mol. The Hall–Kier alpha value is -1.30. The van der Waals surface area contributed by atoms with Gasteiger partial charge in [0.05, 0.1) is 12.5 Å². The van der Waals surface area contributed by atoms with Gasteiger partial charge in [0, 0.05) is 29.2 Å². The molecular weight excluding hydrogens is 349 g/mol. The van der Waals surface area contributed by atoms with E-state index in [1.165, 1.54) is 0 Å². The van der Waals surface area contributed by atoms with Gasteiger partial charge in [-0.3, -0.25) is 14.5 Å². The summed E-state index contributed by atoms with van der Waals surface area (Å²) >= 11 is 12.2. The fourth-order valence-corrected chi connectivity index (χ4v) is 3.53. The number of halogens is 2. The van der Waals surface area contributed by atoms with Crippen molar-refractivity contribution < 1.29 is 9.59 Å². The molecule has 2 N–H and O–H groups in total. The van der Waals surface area contributed by atoms with Gasteiger partial charge in [-0.25, -0.2) is 0 Å². The first-order valence-corrected chi connectivity index (χ1v) is 8.77. The van der Waals surface area contributed by atoms with Crippen LogP contribution in [0.3, 0.4) is 0 Å². The number of hydrogen-bond donors (Lipinski definition) is 1. The van der Waals surface area contributed by atoms with E-state index in [0.29, 0.717) is 23.1 Å². The van der Waals surface area contributed by atoms with E-state index >= 15 is 0 Å². The van der Waals surface area contributed by atoms with Crippen LogP contribution in [0.15, 0.2) is 18.2 Å². The molecular formula is C17H23Cl2N3O2. The summed E-state index contributed by atoms with van der Waals surface area (Å²) in [6, 6.07) is 5.33. The van der Waals surface area contributed by atoms with E-state index in [-0.39, 0.29) is 30.3 Å². The molecule has 0 radical (unpaired) electrons. The van der Waals surface area contributed by atoms with Crippen LogP contribution in [0.5, 0.6) is 0 Å². The van der Waals surface area contributed by atoms with E-state index in [1.54, 1.807) is 17.0 Å². The fourth-order valence-electron chi connectivity index (χ4n) is 2.96. The van der Waals surface area contributed by atoms with Crippen LogP contribution in [0.1, 0.15) is 31.4 Å². The van der Waals surface area contributed by atoms with Gasteiger partial charge in [0.15, 0.2) is 0 Å². The summed E-state index contributed by atoms with van der Waals surface area (Å²) in [4.78, 5) is 27.5. The number of likely N-dealkylation sites (N-methyl/N-ethyl adjacent to an activating group) is 1. The molecule has 1 aromatic carbocycles. The molecule has 0 aliphatic carbocycles. The third-order valence-corrected chi connectivity index (χ3v) is 5.20. The summed E-state index contributed by atoms with van der Waals surface area (Å²) in [5, 5.41) is 1.17. The van der Waals surface area contributed by atoms with Gasteiger partial charge >= 0.3 is 0 Å². The van der Waals surface area contributed by atoms with Crippen molar-refractivity contribution in [3.05, 3.63) is 33.8 Å².